The van der Waals surface area contributed by atoms with Crippen molar-refractivity contribution in [3.8, 4) is 5.75 Å². The standard InChI is InChI=1S/C22H18F3N3O3S/c23-22(24,25)31-17-8-9-18-15(11-17)7-4-10-28(18)19(29)12-16-13-32-21(26-16)27-20(30)14-5-2-1-3-6-14/h1-3,5-6,8-9,11,13H,4,7,10,12H2,(H,26,27,30). The van der Waals surface area contributed by atoms with E-state index in [1.54, 1.807) is 34.5 Å². The highest BCUT2D eigenvalue weighted by Gasteiger charge is 2.32. The lowest BCUT2D eigenvalue weighted by atomic mass is 10.0. The summed E-state index contributed by atoms with van der Waals surface area (Å²) < 4.78 is 41.4. The van der Waals surface area contributed by atoms with Crippen LogP contribution in [0.25, 0.3) is 0 Å². The van der Waals surface area contributed by atoms with Gasteiger partial charge in [-0.3, -0.25) is 14.9 Å². The fourth-order valence-electron chi connectivity index (χ4n) is 3.48. The number of aromatic nitrogens is 1. The molecular weight excluding hydrogens is 443 g/mol. The van der Waals surface area contributed by atoms with Crippen LogP contribution in [0.15, 0.2) is 53.9 Å². The molecule has 6 nitrogen and oxygen atoms in total. The van der Waals surface area contributed by atoms with Gasteiger partial charge in [0.2, 0.25) is 5.91 Å². The van der Waals surface area contributed by atoms with Crippen LogP contribution in [0.5, 0.6) is 5.75 Å². The van der Waals surface area contributed by atoms with Crippen molar-refractivity contribution in [2.45, 2.75) is 25.6 Å². The first kappa shape index (κ1) is 21.8. The summed E-state index contributed by atoms with van der Waals surface area (Å²) in [5, 5.41) is 4.79. The molecular formula is C22H18F3N3O3S. The van der Waals surface area contributed by atoms with Crippen LogP contribution >= 0.6 is 11.3 Å². The van der Waals surface area contributed by atoms with Crippen LogP contribution in [0.1, 0.15) is 28.0 Å². The van der Waals surface area contributed by atoms with Crippen molar-refractivity contribution >= 4 is 34.0 Å². The van der Waals surface area contributed by atoms with Crippen LogP contribution in [0.3, 0.4) is 0 Å². The van der Waals surface area contributed by atoms with Crippen molar-refractivity contribution in [2.24, 2.45) is 0 Å². The molecule has 1 aromatic heterocycles. The molecule has 0 spiro atoms. The van der Waals surface area contributed by atoms with Crippen LogP contribution in [0, 0.1) is 0 Å². The van der Waals surface area contributed by atoms with Gasteiger partial charge in [0.05, 0.1) is 12.1 Å². The Morgan fingerprint density at radius 1 is 1.16 bits per heavy atom. The summed E-state index contributed by atoms with van der Waals surface area (Å²) in [5.74, 6) is -0.815. The molecule has 1 aliphatic heterocycles. The minimum absolute atomic E-state index is 0.0119. The molecule has 0 atom stereocenters. The van der Waals surface area contributed by atoms with Gasteiger partial charge in [-0.05, 0) is 48.7 Å². The number of anilines is 2. The molecule has 1 N–H and O–H groups in total. The van der Waals surface area contributed by atoms with Crippen molar-refractivity contribution in [2.75, 3.05) is 16.8 Å². The SMILES string of the molecule is O=C(Nc1nc(CC(=O)N2CCCc3cc(OC(F)(F)F)ccc32)cs1)c1ccccc1. The van der Waals surface area contributed by atoms with Crippen LogP contribution in [0.2, 0.25) is 0 Å². The summed E-state index contributed by atoms with van der Waals surface area (Å²) in [5.41, 5.74) is 2.20. The monoisotopic (exact) mass is 461 g/mol. The molecule has 2 heterocycles. The molecule has 4 rings (SSSR count). The van der Waals surface area contributed by atoms with Crippen LogP contribution in [-0.2, 0) is 17.6 Å². The third kappa shape index (κ3) is 5.25. The molecule has 166 valence electrons. The van der Waals surface area contributed by atoms with Gasteiger partial charge in [-0.25, -0.2) is 4.98 Å². The Bertz CT molecular complexity index is 1130. The predicted molar refractivity (Wildman–Crippen MR) is 114 cm³/mol. The normalized spacial score (nSPS) is 13.4. The number of thiazole rings is 1. The Labute approximate surface area is 185 Å². The minimum atomic E-state index is -4.77. The fraction of sp³-hybridized carbons (Fsp3) is 0.227. The zero-order valence-electron chi connectivity index (χ0n) is 16.7. The number of hydrogen-bond acceptors (Lipinski definition) is 5. The molecule has 0 unspecified atom stereocenters. The minimum Gasteiger partial charge on any atom is -0.406 e. The van der Waals surface area contributed by atoms with E-state index in [0.29, 0.717) is 47.0 Å². The number of hydrogen-bond donors (Lipinski definition) is 1. The fourth-order valence-corrected chi connectivity index (χ4v) is 4.19. The van der Waals surface area contributed by atoms with E-state index in [4.69, 9.17) is 0 Å². The topological polar surface area (TPSA) is 71.5 Å². The smallest absolute Gasteiger partial charge is 0.406 e. The van der Waals surface area contributed by atoms with Gasteiger partial charge in [-0.1, -0.05) is 18.2 Å². The van der Waals surface area contributed by atoms with Gasteiger partial charge < -0.3 is 9.64 Å². The second kappa shape index (κ2) is 8.99. The predicted octanol–water partition coefficient (Wildman–Crippen LogP) is 4.82. The largest absolute Gasteiger partial charge is 0.573 e. The maximum Gasteiger partial charge on any atom is 0.573 e. The lowest BCUT2D eigenvalue weighted by molar-refractivity contribution is -0.274. The molecule has 0 radical (unpaired) electrons. The summed E-state index contributed by atoms with van der Waals surface area (Å²) in [4.78, 5) is 31.0. The molecule has 2 amide bonds. The average molecular weight is 461 g/mol. The number of halogens is 3. The molecule has 10 heteroatoms. The zero-order chi connectivity index (χ0) is 22.7. The zero-order valence-corrected chi connectivity index (χ0v) is 17.5. The van der Waals surface area contributed by atoms with Crippen molar-refractivity contribution in [3.05, 3.63) is 70.7 Å². The lowest BCUT2D eigenvalue weighted by Crippen LogP contribution is -2.36. The van der Waals surface area contributed by atoms with Crippen molar-refractivity contribution < 1.29 is 27.5 Å². The van der Waals surface area contributed by atoms with E-state index in [1.807, 2.05) is 6.07 Å². The van der Waals surface area contributed by atoms with Gasteiger partial charge in [0.25, 0.3) is 5.91 Å². The first-order valence-electron chi connectivity index (χ1n) is 9.78. The number of ether oxygens (including phenoxy) is 1. The van der Waals surface area contributed by atoms with Crippen LogP contribution < -0.4 is 15.0 Å². The van der Waals surface area contributed by atoms with E-state index in [2.05, 4.69) is 15.0 Å². The van der Waals surface area contributed by atoms with Crippen LogP contribution in [-0.4, -0.2) is 29.7 Å². The Hall–Kier alpha value is -3.40. The van der Waals surface area contributed by atoms with E-state index in [0.717, 1.165) is 0 Å². The molecule has 2 aromatic carbocycles. The van der Waals surface area contributed by atoms with Gasteiger partial charge in [0.15, 0.2) is 5.13 Å². The molecule has 0 fully saturated rings. The highest BCUT2D eigenvalue weighted by atomic mass is 32.1. The van der Waals surface area contributed by atoms with Gasteiger partial charge >= 0.3 is 6.36 Å². The third-order valence-electron chi connectivity index (χ3n) is 4.84. The Morgan fingerprint density at radius 3 is 2.69 bits per heavy atom. The number of aryl methyl sites for hydroxylation is 1. The Morgan fingerprint density at radius 2 is 1.94 bits per heavy atom. The Balaban J connectivity index is 1.42. The van der Waals surface area contributed by atoms with Crippen LogP contribution in [0.4, 0.5) is 24.0 Å². The van der Waals surface area contributed by atoms with Gasteiger partial charge in [-0.2, -0.15) is 0 Å². The number of amides is 2. The molecule has 0 aliphatic carbocycles. The molecule has 3 aromatic rings. The van der Waals surface area contributed by atoms with E-state index >= 15 is 0 Å². The average Bonchev–Trinajstić information content (AvgIpc) is 3.19. The van der Waals surface area contributed by atoms with Gasteiger partial charge in [-0.15, -0.1) is 24.5 Å². The number of benzene rings is 2. The number of carbonyl (C=O) groups is 2. The number of fused-ring (bicyclic) bond motifs is 1. The summed E-state index contributed by atoms with van der Waals surface area (Å²) in [6.07, 6.45) is -3.57. The molecule has 32 heavy (non-hydrogen) atoms. The third-order valence-corrected chi connectivity index (χ3v) is 5.65. The summed E-state index contributed by atoms with van der Waals surface area (Å²) in [7, 11) is 0. The van der Waals surface area contributed by atoms with E-state index in [9.17, 15) is 22.8 Å². The number of nitrogens with zero attached hydrogens (tertiary/aromatic N) is 2. The van der Waals surface area contributed by atoms with E-state index in [1.165, 1.54) is 29.5 Å². The second-order valence-corrected chi connectivity index (χ2v) is 7.99. The van der Waals surface area contributed by atoms with Gasteiger partial charge in [0.1, 0.15) is 5.75 Å². The second-order valence-electron chi connectivity index (χ2n) is 7.13. The van der Waals surface area contributed by atoms with E-state index in [-0.39, 0.29) is 24.0 Å². The van der Waals surface area contributed by atoms with Crippen molar-refractivity contribution in [1.29, 1.82) is 0 Å². The summed E-state index contributed by atoms with van der Waals surface area (Å²) in [6.45, 7) is 0.465. The quantitative estimate of drug-likeness (QED) is 0.592. The number of rotatable bonds is 5. The van der Waals surface area contributed by atoms with Crippen molar-refractivity contribution in [1.82, 2.24) is 4.98 Å². The maximum atomic E-state index is 12.9. The molecule has 0 saturated heterocycles. The first-order chi connectivity index (χ1) is 15.3. The molecule has 0 bridgehead atoms. The molecule has 0 saturated carbocycles. The van der Waals surface area contributed by atoms with Gasteiger partial charge in [0, 0.05) is 23.2 Å². The molecule has 1 aliphatic rings. The highest BCUT2D eigenvalue weighted by Crippen LogP contribution is 2.33. The van der Waals surface area contributed by atoms with Crippen molar-refractivity contribution in [3.63, 3.8) is 0 Å². The Kier molecular flexibility index (Phi) is 6.13. The number of carbonyl (C=O) groups excluding carboxylic acids is 2. The van der Waals surface area contributed by atoms with E-state index < -0.39 is 6.36 Å². The number of nitrogens with one attached hydrogen (secondary N) is 1. The number of alkyl halides is 3. The maximum absolute atomic E-state index is 12.9. The summed E-state index contributed by atoms with van der Waals surface area (Å²) >= 11 is 1.22. The lowest BCUT2D eigenvalue weighted by Gasteiger charge is -2.29. The highest BCUT2D eigenvalue weighted by molar-refractivity contribution is 7.14. The first-order valence-corrected chi connectivity index (χ1v) is 10.7. The summed E-state index contributed by atoms with van der Waals surface area (Å²) in [6, 6.07) is 12.7.